The van der Waals surface area contributed by atoms with E-state index in [4.69, 9.17) is 5.21 Å². The zero-order valence-corrected chi connectivity index (χ0v) is 14.6. The van der Waals surface area contributed by atoms with Crippen molar-refractivity contribution in [3.63, 3.8) is 0 Å². The molecule has 1 amide bonds. The third-order valence-electron chi connectivity index (χ3n) is 3.08. The summed E-state index contributed by atoms with van der Waals surface area (Å²) in [7, 11) is 0. The van der Waals surface area contributed by atoms with Crippen LogP contribution in [0, 0.1) is 5.92 Å². The van der Waals surface area contributed by atoms with Crippen LogP contribution in [0.2, 0.25) is 0 Å². The number of hydroxylamine groups is 1. The van der Waals surface area contributed by atoms with E-state index in [0.717, 1.165) is 4.47 Å². The number of amides is 1. The molecule has 0 heterocycles. The Hall–Kier alpha value is -0.890. The summed E-state index contributed by atoms with van der Waals surface area (Å²) in [5.41, 5.74) is 1.95. The van der Waals surface area contributed by atoms with Gasteiger partial charge in [0.2, 0.25) is 0 Å². The molecule has 0 radical (unpaired) electrons. The van der Waals surface area contributed by atoms with Gasteiger partial charge in [-0.2, -0.15) is 0 Å². The molecule has 2 atom stereocenters. The molecule has 7 heteroatoms. The number of halogens is 2. The van der Waals surface area contributed by atoms with Crippen LogP contribution in [0.15, 0.2) is 33.2 Å². The summed E-state index contributed by atoms with van der Waals surface area (Å²) in [5.74, 6) is -0.677. The number of aliphatic hydroxyl groups excluding tert-OH is 1. The van der Waals surface area contributed by atoms with Gasteiger partial charge in [0.05, 0.1) is 10.6 Å². The Labute approximate surface area is 139 Å². The number of nitrogens with one attached hydrogen (secondary N) is 1. The van der Waals surface area contributed by atoms with Crippen molar-refractivity contribution >= 4 is 37.8 Å². The predicted molar refractivity (Wildman–Crippen MR) is 85.9 cm³/mol. The summed E-state index contributed by atoms with van der Waals surface area (Å²) < 4.78 is 1.27. The van der Waals surface area contributed by atoms with Crippen LogP contribution >= 0.6 is 31.9 Å². The maximum absolute atomic E-state index is 10.8. The lowest BCUT2D eigenvalue weighted by Crippen LogP contribution is -2.15. The largest absolute Gasteiger partial charge is 0.506 e. The lowest BCUT2D eigenvalue weighted by atomic mass is 9.93. The van der Waals surface area contributed by atoms with Gasteiger partial charge < -0.3 is 10.2 Å². The lowest BCUT2D eigenvalue weighted by molar-refractivity contribution is -0.124. The van der Waals surface area contributed by atoms with Crippen molar-refractivity contribution in [3.8, 4) is 5.75 Å². The van der Waals surface area contributed by atoms with E-state index in [1.54, 1.807) is 18.2 Å². The minimum Gasteiger partial charge on any atom is -0.506 e. The number of carbonyl (C=O) groups excluding carboxylic acids is 1. The van der Waals surface area contributed by atoms with Crippen molar-refractivity contribution in [2.45, 2.75) is 25.9 Å². The summed E-state index contributed by atoms with van der Waals surface area (Å²) in [6, 6.07) is 3.38. The van der Waals surface area contributed by atoms with Crippen LogP contribution in [0.25, 0.3) is 0 Å². The van der Waals surface area contributed by atoms with Crippen molar-refractivity contribution in [2.75, 3.05) is 0 Å². The molecule has 1 rings (SSSR count). The third-order valence-corrected chi connectivity index (χ3v) is 4.15. The Morgan fingerprint density at radius 3 is 2.71 bits per heavy atom. The molecule has 0 bridgehead atoms. The van der Waals surface area contributed by atoms with Crippen LogP contribution in [0.5, 0.6) is 5.75 Å². The van der Waals surface area contributed by atoms with E-state index in [9.17, 15) is 15.0 Å². The smallest absolute Gasteiger partial charge is 0.267 e. The summed E-state index contributed by atoms with van der Waals surface area (Å²) in [6.45, 7) is 1.86. The van der Waals surface area contributed by atoms with Crippen LogP contribution in [0.1, 0.15) is 31.4 Å². The number of phenolic OH excluding ortho intramolecular Hbond substituents is 1. The molecule has 0 saturated carbocycles. The Kier molecular flexibility index (Phi) is 7.37. The molecule has 0 aliphatic rings. The van der Waals surface area contributed by atoms with E-state index in [-0.39, 0.29) is 11.7 Å². The molecule has 0 unspecified atom stereocenters. The first kappa shape index (κ1) is 18.2. The van der Waals surface area contributed by atoms with Crippen molar-refractivity contribution in [2.24, 2.45) is 5.92 Å². The monoisotopic (exact) mass is 421 g/mol. The van der Waals surface area contributed by atoms with Gasteiger partial charge in [-0.25, -0.2) is 5.48 Å². The van der Waals surface area contributed by atoms with E-state index in [0.29, 0.717) is 22.9 Å². The molecule has 0 aliphatic carbocycles. The minimum absolute atomic E-state index is 0.0211. The number of aromatic hydroxyl groups is 1. The summed E-state index contributed by atoms with van der Waals surface area (Å²) in [4.78, 5) is 10.8. The molecule has 5 nitrogen and oxygen atoms in total. The van der Waals surface area contributed by atoms with Crippen LogP contribution < -0.4 is 5.48 Å². The number of hydrogen-bond acceptors (Lipinski definition) is 4. The normalized spacial score (nSPS) is 14.1. The number of allylic oxidation sites excluding steroid dienone is 1. The van der Waals surface area contributed by atoms with Gasteiger partial charge in [0.25, 0.3) is 5.91 Å². The van der Waals surface area contributed by atoms with E-state index >= 15 is 0 Å². The number of aliphatic hydroxyl groups is 1. The second-order valence-electron chi connectivity index (χ2n) is 4.70. The Bertz CT molecular complexity index is 534. The fraction of sp³-hybridized carbons (Fsp3) is 0.357. The Morgan fingerprint density at radius 1 is 1.43 bits per heavy atom. The second kappa shape index (κ2) is 8.53. The van der Waals surface area contributed by atoms with Crippen LogP contribution in [-0.2, 0) is 4.79 Å². The first-order valence-electron chi connectivity index (χ1n) is 6.33. The van der Waals surface area contributed by atoms with Gasteiger partial charge >= 0.3 is 0 Å². The zero-order chi connectivity index (χ0) is 16.0. The second-order valence-corrected chi connectivity index (χ2v) is 6.47. The van der Waals surface area contributed by atoms with Gasteiger partial charge in [-0.05, 0) is 46.8 Å². The average molecular weight is 423 g/mol. The molecule has 21 heavy (non-hydrogen) atoms. The van der Waals surface area contributed by atoms with E-state index in [1.807, 2.05) is 6.92 Å². The minimum atomic E-state index is -0.820. The van der Waals surface area contributed by atoms with Gasteiger partial charge in [-0.1, -0.05) is 28.9 Å². The van der Waals surface area contributed by atoms with Gasteiger partial charge in [0, 0.05) is 16.1 Å². The molecule has 1 aromatic carbocycles. The third kappa shape index (κ3) is 5.43. The van der Waals surface area contributed by atoms with Gasteiger partial charge in [-0.3, -0.25) is 10.0 Å². The van der Waals surface area contributed by atoms with Crippen LogP contribution in [-0.4, -0.2) is 21.3 Å². The highest BCUT2D eigenvalue weighted by molar-refractivity contribution is 9.11. The molecule has 0 saturated heterocycles. The number of benzene rings is 1. The first-order chi connectivity index (χ1) is 9.86. The predicted octanol–water partition coefficient (Wildman–Crippen LogP) is 3.43. The lowest BCUT2D eigenvalue weighted by Gasteiger charge is -2.20. The highest BCUT2D eigenvalue weighted by atomic mass is 79.9. The van der Waals surface area contributed by atoms with E-state index < -0.39 is 12.0 Å². The van der Waals surface area contributed by atoms with Crippen LogP contribution in [0.3, 0.4) is 0 Å². The first-order valence-corrected chi connectivity index (χ1v) is 7.92. The van der Waals surface area contributed by atoms with Crippen molar-refractivity contribution < 1.29 is 20.2 Å². The quantitative estimate of drug-likeness (QED) is 0.321. The van der Waals surface area contributed by atoms with Gasteiger partial charge in [0.15, 0.2) is 0 Å². The molecule has 4 N–H and O–H groups in total. The Balaban J connectivity index is 2.68. The van der Waals surface area contributed by atoms with E-state index in [1.165, 1.54) is 11.6 Å². The topological polar surface area (TPSA) is 89.8 Å². The fourth-order valence-electron chi connectivity index (χ4n) is 1.86. The highest BCUT2D eigenvalue weighted by Crippen LogP contribution is 2.38. The summed E-state index contributed by atoms with van der Waals surface area (Å²) in [5, 5.41) is 28.7. The molecular weight excluding hydrogens is 406 g/mol. The maximum Gasteiger partial charge on any atom is 0.267 e. The molecular formula is C14H17Br2NO4. The number of rotatable bonds is 6. The molecule has 1 aromatic rings. The molecule has 0 aromatic heterocycles. The standard InChI is InChI=1S/C14H17Br2NO4/c1-8(4-2-3-5-12(18)17-21)13(19)10-6-9(15)7-11(16)14(10)20/h3,5-8,13,19-21H,2,4H2,1H3,(H,17,18)/b5-3+/t8-,13-/m1/s1. The molecule has 0 spiro atoms. The molecule has 0 aliphatic heterocycles. The maximum atomic E-state index is 10.8. The van der Waals surface area contributed by atoms with Gasteiger partial charge in [-0.15, -0.1) is 0 Å². The van der Waals surface area contributed by atoms with Crippen molar-refractivity contribution in [1.29, 1.82) is 0 Å². The van der Waals surface area contributed by atoms with Gasteiger partial charge in [0.1, 0.15) is 5.75 Å². The number of carbonyl (C=O) groups is 1. The van der Waals surface area contributed by atoms with Crippen LogP contribution in [0.4, 0.5) is 0 Å². The highest BCUT2D eigenvalue weighted by Gasteiger charge is 2.21. The van der Waals surface area contributed by atoms with Crippen molar-refractivity contribution in [3.05, 3.63) is 38.8 Å². The number of phenols is 1. The molecule has 0 fully saturated rings. The average Bonchev–Trinajstić information content (AvgIpc) is 2.45. The molecule has 116 valence electrons. The SMILES string of the molecule is C[C@H](CC/C=C/C(=O)NO)[C@@H](O)c1cc(Br)cc(Br)c1O. The summed E-state index contributed by atoms with van der Waals surface area (Å²) in [6.07, 6.45) is 3.22. The number of hydrogen-bond donors (Lipinski definition) is 4. The zero-order valence-electron chi connectivity index (χ0n) is 11.4. The summed E-state index contributed by atoms with van der Waals surface area (Å²) >= 11 is 6.55. The fourth-order valence-corrected chi connectivity index (χ4v) is 3.12. The van der Waals surface area contributed by atoms with Crippen molar-refractivity contribution in [1.82, 2.24) is 5.48 Å². The Morgan fingerprint density at radius 2 is 2.10 bits per heavy atom. The van der Waals surface area contributed by atoms with E-state index in [2.05, 4.69) is 31.9 Å².